The number of likely N-dealkylation sites (tertiary alicyclic amines) is 1. The van der Waals surface area contributed by atoms with Crippen LogP contribution in [-0.4, -0.2) is 60.5 Å². The number of rotatable bonds is 8. The summed E-state index contributed by atoms with van der Waals surface area (Å²) in [5.41, 5.74) is 1.95. The van der Waals surface area contributed by atoms with Gasteiger partial charge in [-0.2, -0.15) is 0 Å². The zero-order valence-corrected chi connectivity index (χ0v) is 14.4. The van der Waals surface area contributed by atoms with E-state index in [-0.39, 0.29) is 11.7 Å². The third-order valence-electron chi connectivity index (χ3n) is 4.67. The second-order valence-corrected chi connectivity index (χ2v) is 6.20. The third-order valence-corrected chi connectivity index (χ3v) is 4.67. The average molecular weight is 333 g/mol. The Morgan fingerprint density at radius 2 is 1.88 bits per heavy atom. The molecule has 24 heavy (non-hydrogen) atoms. The van der Waals surface area contributed by atoms with E-state index >= 15 is 0 Å². The smallest absolute Gasteiger partial charge is 0.326 e. The standard InChI is InChI=1S/C18H27N3O3/c1-2-23-13-14-24-12-11-20-9-7-15(8-10-20)21-17-6-4-3-5-16(17)19-18(21)22/h3-6,15H,2,7-14H2,1H3,(H,19,22). The second kappa shape index (κ2) is 8.46. The molecular weight excluding hydrogens is 306 g/mol. The van der Waals surface area contributed by atoms with Crippen LogP contribution in [0.2, 0.25) is 0 Å². The number of imidazole rings is 1. The molecule has 1 aliphatic heterocycles. The van der Waals surface area contributed by atoms with Crippen LogP contribution in [0.4, 0.5) is 0 Å². The molecule has 0 atom stereocenters. The van der Waals surface area contributed by atoms with Crippen molar-refractivity contribution in [2.45, 2.75) is 25.8 Å². The minimum absolute atomic E-state index is 0.00825. The molecule has 1 fully saturated rings. The first-order valence-corrected chi connectivity index (χ1v) is 8.86. The number of ether oxygens (including phenoxy) is 2. The number of hydrogen-bond acceptors (Lipinski definition) is 4. The highest BCUT2D eigenvalue weighted by Crippen LogP contribution is 2.24. The van der Waals surface area contributed by atoms with Gasteiger partial charge in [-0.05, 0) is 31.9 Å². The largest absolute Gasteiger partial charge is 0.379 e. The molecule has 1 N–H and O–H groups in total. The van der Waals surface area contributed by atoms with Gasteiger partial charge in [0, 0.05) is 32.3 Å². The highest BCUT2D eigenvalue weighted by molar-refractivity contribution is 5.75. The summed E-state index contributed by atoms with van der Waals surface area (Å²) in [5, 5.41) is 0. The lowest BCUT2D eigenvalue weighted by Crippen LogP contribution is -2.38. The van der Waals surface area contributed by atoms with Crippen molar-refractivity contribution in [3.8, 4) is 0 Å². The van der Waals surface area contributed by atoms with Gasteiger partial charge >= 0.3 is 5.69 Å². The molecule has 1 aliphatic rings. The zero-order valence-electron chi connectivity index (χ0n) is 14.4. The molecule has 2 aromatic rings. The van der Waals surface area contributed by atoms with Gasteiger partial charge in [-0.15, -0.1) is 0 Å². The van der Waals surface area contributed by atoms with Crippen LogP contribution in [0.1, 0.15) is 25.8 Å². The first-order valence-electron chi connectivity index (χ1n) is 8.86. The Kier molecular flexibility index (Phi) is 6.07. The lowest BCUT2D eigenvalue weighted by molar-refractivity contribution is 0.0387. The van der Waals surface area contributed by atoms with E-state index in [0.29, 0.717) is 13.2 Å². The molecule has 0 bridgehead atoms. The summed E-state index contributed by atoms with van der Waals surface area (Å²) < 4.78 is 12.8. The number of benzene rings is 1. The molecule has 0 spiro atoms. The van der Waals surface area contributed by atoms with Crippen molar-refractivity contribution in [2.75, 3.05) is 46.1 Å². The fourth-order valence-electron chi connectivity index (χ4n) is 3.40. The van der Waals surface area contributed by atoms with E-state index in [1.165, 1.54) is 0 Å². The van der Waals surface area contributed by atoms with E-state index < -0.39 is 0 Å². The highest BCUT2D eigenvalue weighted by atomic mass is 16.5. The number of aromatic amines is 1. The molecule has 0 saturated carbocycles. The Bertz CT molecular complexity index is 686. The number of H-pyrrole nitrogens is 1. The normalized spacial score (nSPS) is 16.9. The van der Waals surface area contributed by atoms with Crippen molar-refractivity contribution < 1.29 is 9.47 Å². The van der Waals surface area contributed by atoms with Crippen molar-refractivity contribution in [3.05, 3.63) is 34.7 Å². The third kappa shape index (κ3) is 4.06. The van der Waals surface area contributed by atoms with E-state index in [1.807, 2.05) is 35.8 Å². The van der Waals surface area contributed by atoms with Gasteiger partial charge < -0.3 is 19.4 Å². The SMILES string of the molecule is CCOCCOCCN1CCC(n2c(=O)[nH]c3ccccc32)CC1. The number of nitrogens with one attached hydrogen (secondary N) is 1. The molecule has 6 heteroatoms. The topological polar surface area (TPSA) is 59.5 Å². The fourth-order valence-corrected chi connectivity index (χ4v) is 3.40. The molecule has 0 aliphatic carbocycles. The second-order valence-electron chi connectivity index (χ2n) is 6.20. The average Bonchev–Trinajstić information content (AvgIpc) is 2.94. The Morgan fingerprint density at radius 1 is 1.12 bits per heavy atom. The number of aromatic nitrogens is 2. The van der Waals surface area contributed by atoms with Crippen LogP contribution >= 0.6 is 0 Å². The summed E-state index contributed by atoms with van der Waals surface area (Å²) in [6, 6.07) is 8.20. The van der Waals surface area contributed by atoms with Gasteiger partial charge in [-0.3, -0.25) is 4.57 Å². The van der Waals surface area contributed by atoms with Crippen molar-refractivity contribution in [2.24, 2.45) is 0 Å². The minimum Gasteiger partial charge on any atom is -0.379 e. The monoisotopic (exact) mass is 333 g/mol. The Balaban J connectivity index is 1.48. The van der Waals surface area contributed by atoms with Crippen LogP contribution in [0, 0.1) is 0 Å². The van der Waals surface area contributed by atoms with Gasteiger partial charge in [0.25, 0.3) is 0 Å². The van der Waals surface area contributed by atoms with Gasteiger partial charge in [-0.25, -0.2) is 4.79 Å². The van der Waals surface area contributed by atoms with Crippen molar-refractivity contribution >= 4 is 11.0 Å². The zero-order chi connectivity index (χ0) is 16.8. The Labute approximate surface area is 142 Å². The van der Waals surface area contributed by atoms with Crippen LogP contribution in [0.3, 0.4) is 0 Å². The number of piperidine rings is 1. The van der Waals surface area contributed by atoms with Crippen LogP contribution in [0.5, 0.6) is 0 Å². The molecule has 0 amide bonds. The van der Waals surface area contributed by atoms with Crippen LogP contribution in [-0.2, 0) is 9.47 Å². The van der Waals surface area contributed by atoms with Gasteiger partial charge in [0.05, 0.1) is 30.9 Å². The van der Waals surface area contributed by atoms with E-state index in [0.717, 1.165) is 56.7 Å². The molecule has 132 valence electrons. The molecular formula is C18H27N3O3. The lowest BCUT2D eigenvalue weighted by atomic mass is 10.0. The molecule has 3 rings (SSSR count). The lowest BCUT2D eigenvalue weighted by Gasteiger charge is -2.32. The fraction of sp³-hybridized carbons (Fsp3) is 0.611. The molecule has 0 unspecified atom stereocenters. The van der Waals surface area contributed by atoms with Gasteiger partial charge in [0.1, 0.15) is 0 Å². The highest BCUT2D eigenvalue weighted by Gasteiger charge is 2.23. The summed E-state index contributed by atoms with van der Waals surface area (Å²) in [6.45, 7) is 7.76. The number of para-hydroxylation sites is 2. The molecule has 1 aromatic heterocycles. The maximum atomic E-state index is 12.3. The summed E-state index contributed by atoms with van der Waals surface area (Å²) >= 11 is 0. The molecule has 1 aromatic carbocycles. The van der Waals surface area contributed by atoms with Crippen molar-refractivity contribution in [1.29, 1.82) is 0 Å². The quantitative estimate of drug-likeness (QED) is 0.751. The first kappa shape index (κ1) is 17.2. The number of hydrogen-bond donors (Lipinski definition) is 1. The maximum Gasteiger partial charge on any atom is 0.326 e. The molecule has 1 saturated heterocycles. The van der Waals surface area contributed by atoms with Crippen LogP contribution < -0.4 is 5.69 Å². The predicted octanol–water partition coefficient (Wildman–Crippen LogP) is 2.02. The van der Waals surface area contributed by atoms with Crippen LogP contribution in [0.15, 0.2) is 29.1 Å². The predicted molar refractivity (Wildman–Crippen MR) is 94.6 cm³/mol. The number of fused-ring (bicyclic) bond motifs is 1. The van der Waals surface area contributed by atoms with Gasteiger partial charge in [0.2, 0.25) is 0 Å². The molecule has 2 heterocycles. The van der Waals surface area contributed by atoms with E-state index in [4.69, 9.17) is 9.47 Å². The Morgan fingerprint density at radius 3 is 2.67 bits per heavy atom. The van der Waals surface area contributed by atoms with E-state index in [9.17, 15) is 4.79 Å². The summed E-state index contributed by atoms with van der Waals surface area (Å²) in [6.07, 6.45) is 2.00. The Hall–Kier alpha value is -1.63. The molecule has 6 nitrogen and oxygen atoms in total. The summed E-state index contributed by atoms with van der Waals surface area (Å²) in [7, 11) is 0. The van der Waals surface area contributed by atoms with Gasteiger partial charge in [0.15, 0.2) is 0 Å². The first-order chi connectivity index (χ1) is 11.8. The van der Waals surface area contributed by atoms with Crippen LogP contribution in [0.25, 0.3) is 11.0 Å². The summed E-state index contributed by atoms with van der Waals surface area (Å²) in [5.74, 6) is 0. The maximum absolute atomic E-state index is 12.3. The van der Waals surface area contributed by atoms with E-state index in [2.05, 4.69) is 9.88 Å². The van der Waals surface area contributed by atoms with Crippen molar-refractivity contribution in [1.82, 2.24) is 14.5 Å². The van der Waals surface area contributed by atoms with E-state index in [1.54, 1.807) is 0 Å². The number of nitrogens with zero attached hydrogens (tertiary/aromatic N) is 2. The minimum atomic E-state index is 0.00825. The summed E-state index contributed by atoms with van der Waals surface area (Å²) in [4.78, 5) is 17.6. The van der Waals surface area contributed by atoms with Gasteiger partial charge in [-0.1, -0.05) is 12.1 Å². The van der Waals surface area contributed by atoms with Crippen molar-refractivity contribution in [3.63, 3.8) is 0 Å². The molecule has 0 radical (unpaired) electrons.